The maximum Gasteiger partial charge on any atom is 0.256 e. The molecular formula is C18H25FN2O2. The number of hydrogen-bond acceptors (Lipinski definition) is 2. The number of carbonyl (C=O) groups is 2. The highest BCUT2D eigenvalue weighted by Gasteiger charge is 2.27. The van der Waals surface area contributed by atoms with Crippen LogP contribution < -0.4 is 5.32 Å². The standard InChI is InChI=1S/C18H25FN2O2/c1-18(2,3)17(23)20-12-13-8-10-21(11-9-13)16(22)14-6-4-5-7-15(14)19/h4-7,13H,8-12H2,1-3H3,(H,20,23). The SMILES string of the molecule is CC(C)(C)C(=O)NCC1CCN(C(=O)c2ccccc2F)CC1. The molecule has 1 saturated heterocycles. The van der Waals surface area contributed by atoms with Gasteiger partial charge in [-0.2, -0.15) is 0 Å². The average Bonchev–Trinajstić information content (AvgIpc) is 2.52. The third-order valence-corrected chi connectivity index (χ3v) is 4.24. The molecule has 1 aliphatic heterocycles. The summed E-state index contributed by atoms with van der Waals surface area (Å²) in [6.45, 7) is 7.50. The van der Waals surface area contributed by atoms with Crippen molar-refractivity contribution in [3.63, 3.8) is 0 Å². The van der Waals surface area contributed by atoms with Crippen molar-refractivity contribution in [3.8, 4) is 0 Å². The van der Waals surface area contributed by atoms with Crippen LogP contribution >= 0.6 is 0 Å². The molecule has 0 unspecified atom stereocenters. The molecule has 0 atom stereocenters. The normalized spacial score (nSPS) is 16.3. The number of halogens is 1. The Bertz CT molecular complexity index is 573. The zero-order valence-electron chi connectivity index (χ0n) is 14.1. The van der Waals surface area contributed by atoms with E-state index >= 15 is 0 Å². The Morgan fingerprint density at radius 1 is 1.22 bits per heavy atom. The van der Waals surface area contributed by atoms with Gasteiger partial charge in [0.05, 0.1) is 5.56 Å². The van der Waals surface area contributed by atoms with Crippen LogP contribution in [-0.2, 0) is 4.79 Å². The van der Waals surface area contributed by atoms with E-state index in [-0.39, 0.29) is 22.8 Å². The lowest BCUT2D eigenvalue weighted by atomic mass is 9.93. The predicted octanol–water partition coefficient (Wildman–Crippen LogP) is 2.84. The van der Waals surface area contributed by atoms with Crippen molar-refractivity contribution in [1.82, 2.24) is 10.2 Å². The highest BCUT2D eigenvalue weighted by atomic mass is 19.1. The summed E-state index contributed by atoms with van der Waals surface area (Å²) in [5.41, 5.74) is -0.256. The molecule has 5 heteroatoms. The summed E-state index contributed by atoms with van der Waals surface area (Å²) >= 11 is 0. The van der Waals surface area contributed by atoms with Crippen molar-refractivity contribution < 1.29 is 14.0 Å². The Morgan fingerprint density at radius 3 is 2.39 bits per heavy atom. The first kappa shape index (κ1) is 17.4. The largest absolute Gasteiger partial charge is 0.355 e. The number of nitrogens with zero attached hydrogens (tertiary/aromatic N) is 1. The fourth-order valence-electron chi connectivity index (χ4n) is 2.65. The van der Waals surface area contributed by atoms with E-state index in [1.54, 1.807) is 17.0 Å². The fourth-order valence-corrected chi connectivity index (χ4v) is 2.65. The first-order valence-corrected chi connectivity index (χ1v) is 8.11. The maximum atomic E-state index is 13.7. The molecule has 0 saturated carbocycles. The van der Waals surface area contributed by atoms with Crippen molar-refractivity contribution in [1.29, 1.82) is 0 Å². The number of piperidine rings is 1. The minimum absolute atomic E-state index is 0.0439. The molecule has 2 rings (SSSR count). The first-order chi connectivity index (χ1) is 10.8. The van der Waals surface area contributed by atoms with E-state index in [0.717, 1.165) is 12.8 Å². The van der Waals surface area contributed by atoms with Gasteiger partial charge in [0.25, 0.3) is 5.91 Å². The lowest BCUT2D eigenvalue weighted by molar-refractivity contribution is -0.128. The highest BCUT2D eigenvalue weighted by Crippen LogP contribution is 2.20. The molecule has 1 aromatic carbocycles. The molecule has 0 radical (unpaired) electrons. The van der Waals surface area contributed by atoms with Gasteiger partial charge in [0.1, 0.15) is 5.82 Å². The summed E-state index contributed by atoms with van der Waals surface area (Å²) in [4.78, 5) is 25.9. The van der Waals surface area contributed by atoms with E-state index in [4.69, 9.17) is 0 Å². The third-order valence-electron chi connectivity index (χ3n) is 4.24. The van der Waals surface area contributed by atoms with Gasteiger partial charge in [0.15, 0.2) is 0 Å². The second-order valence-corrected chi connectivity index (χ2v) is 7.18. The van der Waals surface area contributed by atoms with Gasteiger partial charge >= 0.3 is 0 Å². The van der Waals surface area contributed by atoms with E-state index in [9.17, 15) is 14.0 Å². The number of carbonyl (C=O) groups excluding carboxylic acids is 2. The number of amides is 2. The first-order valence-electron chi connectivity index (χ1n) is 8.11. The Hall–Kier alpha value is -1.91. The number of likely N-dealkylation sites (tertiary alicyclic amines) is 1. The Kier molecular flexibility index (Phi) is 5.39. The molecule has 1 aromatic rings. The molecule has 1 aliphatic rings. The Balaban J connectivity index is 1.83. The van der Waals surface area contributed by atoms with Gasteiger partial charge in [0, 0.05) is 25.0 Å². The van der Waals surface area contributed by atoms with Gasteiger partial charge in [0.2, 0.25) is 5.91 Å². The molecule has 0 aromatic heterocycles. The lowest BCUT2D eigenvalue weighted by Crippen LogP contribution is -2.43. The molecule has 2 amide bonds. The van der Waals surface area contributed by atoms with Crippen LogP contribution in [0.4, 0.5) is 4.39 Å². The quantitative estimate of drug-likeness (QED) is 0.931. The lowest BCUT2D eigenvalue weighted by Gasteiger charge is -2.32. The molecule has 1 N–H and O–H groups in total. The molecule has 1 fully saturated rings. The summed E-state index contributed by atoms with van der Waals surface area (Å²) in [6, 6.07) is 6.08. The van der Waals surface area contributed by atoms with Crippen LogP contribution in [-0.4, -0.2) is 36.3 Å². The van der Waals surface area contributed by atoms with Gasteiger partial charge in [-0.15, -0.1) is 0 Å². The van der Waals surface area contributed by atoms with Crippen molar-refractivity contribution in [2.75, 3.05) is 19.6 Å². The summed E-state index contributed by atoms with van der Waals surface area (Å²) in [5, 5.41) is 2.97. The van der Waals surface area contributed by atoms with Gasteiger partial charge < -0.3 is 10.2 Å². The number of nitrogens with one attached hydrogen (secondary N) is 1. The highest BCUT2D eigenvalue weighted by molar-refractivity contribution is 5.94. The van der Waals surface area contributed by atoms with Gasteiger partial charge in [-0.25, -0.2) is 4.39 Å². The summed E-state index contributed by atoms with van der Waals surface area (Å²) < 4.78 is 13.7. The number of rotatable bonds is 3. The minimum atomic E-state index is -0.475. The van der Waals surface area contributed by atoms with Crippen LogP contribution in [0.5, 0.6) is 0 Å². The van der Waals surface area contributed by atoms with Crippen LogP contribution in [0.2, 0.25) is 0 Å². The van der Waals surface area contributed by atoms with Crippen molar-refractivity contribution in [2.24, 2.45) is 11.3 Å². The van der Waals surface area contributed by atoms with E-state index in [0.29, 0.717) is 25.6 Å². The van der Waals surface area contributed by atoms with Gasteiger partial charge in [-0.3, -0.25) is 9.59 Å². The molecule has 4 nitrogen and oxygen atoms in total. The minimum Gasteiger partial charge on any atom is -0.355 e. The van der Waals surface area contributed by atoms with Gasteiger partial charge in [-0.05, 0) is 30.9 Å². The second-order valence-electron chi connectivity index (χ2n) is 7.18. The van der Waals surface area contributed by atoms with E-state index < -0.39 is 5.82 Å². The fraction of sp³-hybridized carbons (Fsp3) is 0.556. The predicted molar refractivity (Wildman–Crippen MR) is 87.5 cm³/mol. The van der Waals surface area contributed by atoms with Crippen molar-refractivity contribution in [2.45, 2.75) is 33.6 Å². The molecule has 0 bridgehead atoms. The Morgan fingerprint density at radius 2 is 1.83 bits per heavy atom. The van der Waals surface area contributed by atoms with Crippen LogP contribution in [0.25, 0.3) is 0 Å². The number of hydrogen-bond donors (Lipinski definition) is 1. The van der Waals surface area contributed by atoms with Gasteiger partial charge in [-0.1, -0.05) is 32.9 Å². The molecule has 23 heavy (non-hydrogen) atoms. The van der Waals surface area contributed by atoms with Crippen LogP contribution in [0, 0.1) is 17.2 Å². The summed E-state index contributed by atoms with van der Waals surface area (Å²) in [5.74, 6) is -0.314. The molecule has 0 aliphatic carbocycles. The maximum absolute atomic E-state index is 13.7. The third kappa shape index (κ3) is 4.53. The zero-order chi connectivity index (χ0) is 17.0. The van der Waals surface area contributed by atoms with E-state index in [2.05, 4.69) is 5.32 Å². The van der Waals surface area contributed by atoms with Crippen molar-refractivity contribution >= 4 is 11.8 Å². The summed E-state index contributed by atoms with van der Waals surface area (Å²) in [7, 11) is 0. The van der Waals surface area contributed by atoms with E-state index in [1.807, 2.05) is 20.8 Å². The van der Waals surface area contributed by atoms with E-state index in [1.165, 1.54) is 12.1 Å². The average molecular weight is 320 g/mol. The van der Waals surface area contributed by atoms with Crippen LogP contribution in [0.3, 0.4) is 0 Å². The van der Waals surface area contributed by atoms with Crippen LogP contribution in [0.1, 0.15) is 44.0 Å². The summed E-state index contributed by atoms with van der Waals surface area (Å²) in [6.07, 6.45) is 1.65. The van der Waals surface area contributed by atoms with Crippen LogP contribution in [0.15, 0.2) is 24.3 Å². The number of benzene rings is 1. The smallest absolute Gasteiger partial charge is 0.256 e. The topological polar surface area (TPSA) is 49.4 Å². The van der Waals surface area contributed by atoms with Crippen molar-refractivity contribution in [3.05, 3.63) is 35.6 Å². The zero-order valence-corrected chi connectivity index (χ0v) is 14.1. The molecular weight excluding hydrogens is 295 g/mol. The Labute approximate surface area is 137 Å². The molecule has 1 heterocycles. The monoisotopic (exact) mass is 320 g/mol. The molecule has 126 valence electrons. The molecule has 0 spiro atoms. The second kappa shape index (κ2) is 7.11.